The standard InChI is InChI=1S/C38H40N6O4/c1-5-21-42(38(47)39-23-28-15-19-32(48-4)20-16-28)43-26-36(45)44-34(22-27-13-17-31(18-14-27)40(2)3)37(46)41(25-35(43)44)24-30-11-8-10-29-9-6-7-12-33(29)30/h1,6-20,34-35H,21-26H2,2-4H3,(H,39,47)/t34-,35+/m0/s1. The number of anilines is 1. The van der Waals surface area contributed by atoms with Crippen LogP contribution in [0.2, 0.25) is 0 Å². The van der Waals surface area contributed by atoms with Gasteiger partial charge in [0, 0.05) is 39.3 Å². The number of nitrogens with zero attached hydrogens (tertiary/aromatic N) is 5. The third-order valence-electron chi connectivity index (χ3n) is 9.08. The van der Waals surface area contributed by atoms with Crippen LogP contribution in [0.5, 0.6) is 5.75 Å². The lowest BCUT2D eigenvalue weighted by molar-refractivity contribution is -0.157. The number of carbonyl (C=O) groups is 3. The van der Waals surface area contributed by atoms with Crippen molar-refractivity contribution in [3.05, 3.63) is 108 Å². The number of methoxy groups -OCH3 is 1. The Bertz CT molecular complexity index is 1830. The molecule has 2 aliphatic heterocycles. The lowest BCUT2D eigenvalue weighted by Crippen LogP contribution is -2.66. The molecule has 1 N–H and O–H groups in total. The summed E-state index contributed by atoms with van der Waals surface area (Å²) in [6.07, 6.45) is 5.52. The van der Waals surface area contributed by atoms with Gasteiger partial charge in [0.05, 0.1) is 26.7 Å². The number of hydrazine groups is 1. The van der Waals surface area contributed by atoms with Crippen molar-refractivity contribution in [3.8, 4) is 18.1 Å². The Hall–Kier alpha value is -5.53. The van der Waals surface area contributed by atoms with Crippen molar-refractivity contribution in [1.29, 1.82) is 0 Å². The summed E-state index contributed by atoms with van der Waals surface area (Å²) in [6.45, 7) is 0.725. The first-order valence-electron chi connectivity index (χ1n) is 16.0. The molecule has 0 radical (unpaired) electrons. The van der Waals surface area contributed by atoms with Gasteiger partial charge in [-0.15, -0.1) is 6.42 Å². The molecule has 0 unspecified atom stereocenters. The second-order valence-corrected chi connectivity index (χ2v) is 12.3. The number of piperazine rings is 1. The van der Waals surface area contributed by atoms with Crippen LogP contribution in [0.3, 0.4) is 0 Å². The third-order valence-corrected chi connectivity index (χ3v) is 9.08. The van der Waals surface area contributed by atoms with Crippen LogP contribution in [0.4, 0.5) is 10.5 Å². The van der Waals surface area contributed by atoms with Crippen molar-refractivity contribution in [2.45, 2.75) is 31.7 Å². The van der Waals surface area contributed by atoms with Crippen LogP contribution in [-0.2, 0) is 29.1 Å². The first-order chi connectivity index (χ1) is 23.3. The van der Waals surface area contributed by atoms with Crippen LogP contribution in [-0.4, -0.2) is 90.7 Å². The van der Waals surface area contributed by atoms with E-state index in [1.165, 1.54) is 5.01 Å². The predicted molar refractivity (Wildman–Crippen MR) is 186 cm³/mol. The maximum Gasteiger partial charge on any atom is 0.333 e. The number of terminal acetylenes is 1. The number of fused-ring (bicyclic) bond motifs is 2. The van der Waals surface area contributed by atoms with E-state index < -0.39 is 18.2 Å². The van der Waals surface area contributed by atoms with E-state index >= 15 is 0 Å². The Morgan fingerprint density at radius 2 is 1.67 bits per heavy atom. The van der Waals surface area contributed by atoms with Gasteiger partial charge in [0.2, 0.25) is 11.8 Å². The van der Waals surface area contributed by atoms with Crippen LogP contribution in [0.15, 0.2) is 91.0 Å². The fourth-order valence-electron chi connectivity index (χ4n) is 6.56. The quantitative estimate of drug-likeness (QED) is 0.262. The molecule has 2 aliphatic rings. The highest BCUT2D eigenvalue weighted by Gasteiger charge is 2.52. The molecule has 2 fully saturated rings. The van der Waals surface area contributed by atoms with Gasteiger partial charge in [-0.3, -0.25) is 9.59 Å². The zero-order valence-electron chi connectivity index (χ0n) is 27.5. The van der Waals surface area contributed by atoms with E-state index in [1.807, 2.05) is 96.7 Å². The Morgan fingerprint density at radius 3 is 2.38 bits per heavy atom. The fraction of sp³-hybridized carbons (Fsp3) is 0.289. The van der Waals surface area contributed by atoms with Gasteiger partial charge in [-0.1, -0.05) is 72.7 Å². The van der Waals surface area contributed by atoms with Crippen molar-refractivity contribution in [1.82, 2.24) is 25.1 Å². The van der Waals surface area contributed by atoms with Crippen molar-refractivity contribution >= 4 is 34.3 Å². The zero-order valence-corrected chi connectivity index (χ0v) is 27.5. The number of nitrogens with one attached hydrogen (secondary N) is 1. The maximum atomic E-state index is 14.3. The maximum absolute atomic E-state index is 14.3. The summed E-state index contributed by atoms with van der Waals surface area (Å²) in [5, 5.41) is 8.24. The third kappa shape index (κ3) is 6.64. The van der Waals surface area contributed by atoms with Crippen molar-refractivity contribution < 1.29 is 19.1 Å². The summed E-state index contributed by atoms with van der Waals surface area (Å²) in [7, 11) is 5.55. The van der Waals surface area contributed by atoms with Crippen molar-refractivity contribution in [2.75, 3.05) is 45.7 Å². The molecule has 2 heterocycles. The van der Waals surface area contributed by atoms with Crippen LogP contribution in [0.1, 0.15) is 16.7 Å². The summed E-state index contributed by atoms with van der Waals surface area (Å²) in [6, 6.07) is 28.4. The van der Waals surface area contributed by atoms with Crippen LogP contribution >= 0.6 is 0 Å². The Morgan fingerprint density at radius 1 is 0.958 bits per heavy atom. The molecule has 6 rings (SSSR count). The average molecular weight is 645 g/mol. The molecular formula is C38H40N6O4. The summed E-state index contributed by atoms with van der Waals surface area (Å²) < 4.78 is 5.24. The average Bonchev–Trinajstić information content (AvgIpc) is 3.43. The normalized spacial score (nSPS) is 17.6. The molecule has 4 amide bonds. The molecule has 0 aromatic heterocycles. The highest BCUT2D eigenvalue weighted by atomic mass is 16.5. The van der Waals surface area contributed by atoms with Gasteiger partial charge < -0.3 is 24.8 Å². The van der Waals surface area contributed by atoms with Crippen LogP contribution in [0.25, 0.3) is 10.8 Å². The lowest BCUT2D eigenvalue weighted by Gasteiger charge is -2.46. The van der Waals surface area contributed by atoms with Gasteiger partial charge in [0.15, 0.2) is 0 Å². The molecule has 0 saturated carbocycles. The minimum absolute atomic E-state index is 0.0417. The van der Waals surface area contributed by atoms with Crippen LogP contribution in [0, 0.1) is 12.3 Å². The highest BCUT2D eigenvalue weighted by Crippen LogP contribution is 2.31. The van der Waals surface area contributed by atoms with Gasteiger partial charge in [-0.25, -0.2) is 9.80 Å². The van der Waals surface area contributed by atoms with E-state index in [9.17, 15) is 14.4 Å². The van der Waals surface area contributed by atoms with Crippen molar-refractivity contribution in [3.63, 3.8) is 0 Å². The van der Waals surface area contributed by atoms with E-state index in [1.54, 1.807) is 17.0 Å². The molecule has 0 bridgehead atoms. The molecule has 10 nitrogen and oxygen atoms in total. The molecule has 246 valence electrons. The molecule has 10 heteroatoms. The van der Waals surface area contributed by atoms with Crippen molar-refractivity contribution in [2.24, 2.45) is 0 Å². The molecule has 4 aromatic rings. The van der Waals surface area contributed by atoms with E-state index in [0.29, 0.717) is 13.0 Å². The second kappa shape index (κ2) is 14.1. The Kier molecular flexibility index (Phi) is 9.50. The molecule has 2 saturated heterocycles. The van der Waals surface area contributed by atoms with E-state index in [4.69, 9.17) is 11.2 Å². The largest absolute Gasteiger partial charge is 0.497 e. The topological polar surface area (TPSA) is 88.7 Å². The highest BCUT2D eigenvalue weighted by molar-refractivity contribution is 5.92. The Balaban J connectivity index is 1.30. The number of ether oxygens (including phenoxy) is 1. The minimum Gasteiger partial charge on any atom is -0.497 e. The smallest absolute Gasteiger partial charge is 0.333 e. The number of urea groups is 1. The zero-order chi connectivity index (χ0) is 33.8. The number of hydrogen-bond donors (Lipinski definition) is 1. The minimum atomic E-state index is -0.753. The molecule has 0 aliphatic carbocycles. The number of benzene rings is 4. The van der Waals surface area contributed by atoms with Gasteiger partial charge in [0.1, 0.15) is 18.0 Å². The van der Waals surface area contributed by atoms with Gasteiger partial charge in [-0.2, -0.15) is 5.01 Å². The molecular weight excluding hydrogens is 604 g/mol. The number of carbonyl (C=O) groups excluding carboxylic acids is 3. The first-order valence-corrected chi connectivity index (χ1v) is 16.0. The fourth-order valence-corrected chi connectivity index (χ4v) is 6.56. The Labute approximate surface area is 281 Å². The summed E-state index contributed by atoms with van der Waals surface area (Å²) >= 11 is 0. The van der Waals surface area contributed by atoms with Crippen LogP contribution < -0.4 is 15.0 Å². The summed E-state index contributed by atoms with van der Waals surface area (Å²) in [4.78, 5) is 47.3. The van der Waals surface area contributed by atoms with Gasteiger partial charge >= 0.3 is 6.03 Å². The van der Waals surface area contributed by atoms with E-state index in [2.05, 4.69) is 29.4 Å². The molecule has 48 heavy (non-hydrogen) atoms. The van der Waals surface area contributed by atoms with Gasteiger partial charge in [0.25, 0.3) is 0 Å². The first kappa shape index (κ1) is 32.4. The molecule has 0 spiro atoms. The molecule has 4 aromatic carbocycles. The molecule has 2 atom stereocenters. The van der Waals surface area contributed by atoms with Gasteiger partial charge in [-0.05, 0) is 51.7 Å². The number of amides is 4. The summed E-state index contributed by atoms with van der Waals surface area (Å²) in [5.74, 6) is 2.96. The number of hydrogen-bond acceptors (Lipinski definition) is 6. The lowest BCUT2D eigenvalue weighted by atomic mass is 9.98. The van der Waals surface area contributed by atoms with E-state index in [-0.39, 0.29) is 38.0 Å². The predicted octanol–water partition coefficient (Wildman–Crippen LogP) is 4.10. The SMILES string of the molecule is C#CCN(C(=O)NCc1ccc(OC)cc1)N1CC(=O)N2[C@@H](Cc3ccc(N(C)C)cc3)C(=O)N(Cc3cccc4ccccc34)C[C@@H]21. The second-order valence-electron chi connectivity index (χ2n) is 12.3. The number of rotatable bonds is 10. The summed E-state index contributed by atoms with van der Waals surface area (Å²) in [5.41, 5.74) is 3.87. The monoisotopic (exact) mass is 644 g/mol. The van der Waals surface area contributed by atoms with E-state index in [0.717, 1.165) is 38.9 Å².